The molecular weight excluding hydrogens is 377 g/mol. The Balaban J connectivity index is 1.76. The van der Waals surface area contributed by atoms with Gasteiger partial charge < -0.3 is 0 Å². The Hall–Kier alpha value is -2.01. The molecule has 1 saturated heterocycles. The highest BCUT2D eigenvalue weighted by Gasteiger charge is 2.35. The number of imide groups is 1. The Morgan fingerprint density at radius 1 is 0.960 bits per heavy atom. The summed E-state index contributed by atoms with van der Waals surface area (Å²) in [6.45, 7) is 0.0584. The Bertz CT molecular complexity index is 858. The molecule has 1 aliphatic heterocycles. The lowest BCUT2D eigenvalue weighted by Crippen LogP contribution is -2.27. The van der Waals surface area contributed by atoms with Crippen molar-refractivity contribution in [3.8, 4) is 0 Å². The second-order valence-electron chi connectivity index (χ2n) is 5.26. The number of amides is 2. The second-order valence-corrected chi connectivity index (χ2v) is 7.07. The third kappa shape index (κ3) is 4.15. The highest BCUT2D eigenvalue weighted by molar-refractivity contribution is 8.18. The van der Waals surface area contributed by atoms with Gasteiger partial charge in [0.25, 0.3) is 11.1 Å². The number of rotatable bonds is 4. The standard InChI is InChI=1S/C19H13Cl2NO2S/c20-15-9-5-10-16(21)14(15)12-22-18(23)17(25-19(22)24)11-4-8-13-6-2-1-3-7-13/h1-11H,12H2/b8-4+,17-11-. The molecular formula is C19H13Cl2NO2S. The normalized spacial score (nSPS) is 16.4. The van der Waals surface area contributed by atoms with Gasteiger partial charge in [0.1, 0.15) is 0 Å². The number of nitrogens with zero attached hydrogens (tertiary/aromatic N) is 1. The monoisotopic (exact) mass is 389 g/mol. The van der Waals surface area contributed by atoms with Crippen LogP contribution in [0, 0.1) is 0 Å². The largest absolute Gasteiger partial charge is 0.293 e. The highest BCUT2D eigenvalue weighted by Crippen LogP contribution is 2.34. The molecule has 0 saturated carbocycles. The van der Waals surface area contributed by atoms with Gasteiger partial charge in [0.2, 0.25) is 0 Å². The van der Waals surface area contributed by atoms with Crippen LogP contribution >= 0.6 is 35.0 Å². The Kier molecular flexibility index (Phi) is 5.63. The van der Waals surface area contributed by atoms with E-state index < -0.39 is 0 Å². The summed E-state index contributed by atoms with van der Waals surface area (Å²) in [7, 11) is 0. The fourth-order valence-corrected chi connectivity index (χ4v) is 3.61. The zero-order valence-electron chi connectivity index (χ0n) is 13.0. The van der Waals surface area contributed by atoms with Gasteiger partial charge in [-0.25, -0.2) is 0 Å². The molecule has 1 fully saturated rings. The summed E-state index contributed by atoms with van der Waals surface area (Å²) in [4.78, 5) is 26.2. The SMILES string of the molecule is O=C1S/C(=C\C=C\c2ccccc2)C(=O)N1Cc1c(Cl)cccc1Cl. The van der Waals surface area contributed by atoms with E-state index in [1.54, 1.807) is 30.4 Å². The third-order valence-corrected chi connectivity index (χ3v) is 5.22. The smallest absolute Gasteiger partial charge is 0.268 e. The Labute approximate surface area is 159 Å². The molecule has 6 heteroatoms. The van der Waals surface area contributed by atoms with E-state index in [4.69, 9.17) is 23.2 Å². The number of benzene rings is 2. The topological polar surface area (TPSA) is 37.4 Å². The zero-order chi connectivity index (χ0) is 17.8. The number of halogens is 2. The van der Waals surface area contributed by atoms with E-state index in [0.717, 1.165) is 22.2 Å². The summed E-state index contributed by atoms with van der Waals surface area (Å²) < 4.78 is 0. The third-order valence-electron chi connectivity index (χ3n) is 3.59. The number of carbonyl (C=O) groups excluding carboxylic acids is 2. The molecule has 0 aromatic heterocycles. The summed E-state index contributed by atoms with van der Waals surface area (Å²) in [6.07, 6.45) is 5.28. The lowest BCUT2D eigenvalue weighted by Gasteiger charge is -2.14. The number of hydrogen-bond donors (Lipinski definition) is 0. The van der Waals surface area contributed by atoms with Crippen LogP contribution in [0.3, 0.4) is 0 Å². The summed E-state index contributed by atoms with van der Waals surface area (Å²) in [5, 5.41) is 0.527. The van der Waals surface area contributed by atoms with E-state index >= 15 is 0 Å². The molecule has 2 aromatic rings. The minimum atomic E-state index is -0.344. The fourth-order valence-electron chi connectivity index (χ4n) is 2.30. The molecule has 2 amide bonds. The van der Waals surface area contributed by atoms with Gasteiger partial charge in [0.05, 0.1) is 11.4 Å². The summed E-state index contributed by atoms with van der Waals surface area (Å²) in [5.41, 5.74) is 1.58. The maximum absolute atomic E-state index is 12.5. The van der Waals surface area contributed by atoms with Crippen LogP contribution in [-0.2, 0) is 11.3 Å². The molecule has 0 bridgehead atoms. The van der Waals surface area contributed by atoms with Gasteiger partial charge in [-0.1, -0.05) is 71.8 Å². The molecule has 2 aromatic carbocycles. The van der Waals surface area contributed by atoms with Gasteiger partial charge in [0, 0.05) is 15.6 Å². The quantitative estimate of drug-likeness (QED) is 0.621. The van der Waals surface area contributed by atoms with Crippen LogP contribution in [0.15, 0.2) is 65.6 Å². The van der Waals surface area contributed by atoms with Crippen molar-refractivity contribution in [1.82, 2.24) is 4.90 Å². The molecule has 1 aliphatic rings. The van der Waals surface area contributed by atoms with Gasteiger partial charge in [0.15, 0.2) is 0 Å². The van der Waals surface area contributed by atoms with Gasteiger partial charge in [-0.2, -0.15) is 0 Å². The van der Waals surface area contributed by atoms with Crippen LogP contribution in [0.4, 0.5) is 4.79 Å². The molecule has 0 aliphatic carbocycles. The number of carbonyl (C=O) groups is 2. The van der Waals surface area contributed by atoms with Crippen LogP contribution in [0.2, 0.25) is 10.0 Å². The molecule has 0 atom stereocenters. The first kappa shape index (κ1) is 17.8. The summed E-state index contributed by atoms with van der Waals surface area (Å²) >= 11 is 13.2. The maximum atomic E-state index is 12.5. The first-order chi connectivity index (χ1) is 12.1. The van der Waals surface area contributed by atoms with Crippen molar-refractivity contribution in [3.63, 3.8) is 0 Å². The number of allylic oxidation sites excluding steroid dienone is 2. The Morgan fingerprint density at radius 2 is 1.64 bits per heavy atom. The van der Waals surface area contributed by atoms with Crippen molar-refractivity contribution in [2.75, 3.05) is 0 Å². The van der Waals surface area contributed by atoms with E-state index in [0.29, 0.717) is 20.5 Å². The predicted octanol–water partition coefficient (Wildman–Crippen LogP) is 5.79. The van der Waals surface area contributed by atoms with Crippen LogP contribution in [0.1, 0.15) is 11.1 Å². The van der Waals surface area contributed by atoms with Crippen molar-refractivity contribution >= 4 is 52.2 Å². The van der Waals surface area contributed by atoms with Gasteiger partial charge in [-0.15, -0.1) is 0 Å². The zero-order valence-corrected chi connectivity index (χ0v) is 15.3. The first-order valence-electron chi connectivity index (χ1n) is 7.46. The second kappa shape index (κ2) is 7.91. The maximum Gasteiger partial charge on any atom is 0.293 e. The highest BCUT2D eigenvalue weighted by atomic mass is 35.5. The van der Waals surface area contributed by atoms with Crippen molar-refractivity contribution in [2.24, 2.45) is 0 Å². The molecule has 0 radical (unpaired) electrons. The van der Waals surface area contributed by atoms with E-state index in [9.17, 15) is 9.59 Å². The fraction of sp³-hybridized carbons (Fsp3) is 0.0526. The lowest BCUT2D eigenvalue weighted by atomic mass is 10.2. The molecule has 3 rings (SSSR count). The first-order valence-corrected chi connectivity index (χ1v) is 9.03. The molecule has 1 heterocycles. The van der Waals surface area contributed by atoms with Gasteiger partial charge in [-0.05, 0) is 35.5 Å². The minimum absolute atomic E-state index is 0.0584. The van der Waals surface area contributed by atoms with Crippen LogP contribution in [0.5, 0.6) is 0 Å². The summed E-state index contributed by atoms with van der Waals surface area (Å²) in [5.74, 6) is -0.344. The van der Waals surface area contributed by atoms with Crippen LogP contribution < -0.4 is 0 Å². The number of thioether (sulfide) groups is 1. The van der Waals surface area contributed by atoms with E-state index in [1.807, 2.05) is 36.4 Å². The van der Waals surface area contributed by atoms with Crippen molar-refractivity contribution in [2.45, 2.75) is 6.54 Å². The molecule has 0 unspecified atom stereocenters. The molecule has 126 valence electrons. The van der Waals surface area contributed by atoms with Gasteiger partial charge >= 0.3 is 0 Å². The van der Waals surface area contributed by atoms with E-state index in [-0.39, 0.29) is 17.7 Å². The van der Waals surface area contributed by atoms with Crippen molar-refractivity contribution < 1.29 is 9.59 Å². The average molecular weight is 390 g/mol. The average Bonchev–Trinajstić information content (AvgIpc) is 2.86. The van der Waals surface area contributed by atoms with E-state index in [2.05, 4.69) is 0 Å². The lowest BCUT2D eigenvalue weighted by molar-refractivity contribution is -0.123. The number of hydrogen-bond acceptors (Lipinski definition) is 3. The van der Waals surface area contributed by atoms with Crippen molar-refractivity contribution in [1.29, 1.82) is 0 Å². The van der Waals surface area contributed by atoms with Crippen LogP contribution in [-0.4, -0.2) is 16.0 Å². The molecule has 25 heavy (non-hydrogen) atoms. The Morgan fingerprint density at radius 3 is 2.32 bits per heavy atom. The van der Waals surface area contributed by atoms with Gasteiger partial charge in [-0.3, -0.25) is 14.5 Å². The van der Waals surface area contributed by atoms with E-state index in [1.165, 1.54) is 0 Å². The minimum Gasteiger partial charge on any atom is -0.268 e. The predicted molar refractivity (Wildman–Crippen MR) is 104 cm³/mol. The molecule has 0 spiro atoms. The molecule has 3 nitrogen and oxygen atoms in total. The van der Waals surface area contributed by atoms with Crippen LogP contribution in [0.25, 0.3) is 6.08 Å². The molecule has 0 N–H and O–H groups in total. The summed E-state index contributed by atoms with van der Waals surface area (Å²) in [6, 6.07) is 14.8. The van der Waals surface area contributed by atoms with Crippen molar-refractivity contribution in [3.05, 3.63) is 86.8 Å².